The molecule has 2 aliphatic rings. The number of amides is 1. The maximum Gasteiger partial charge on any atom is 0.312 e. The second-order valence-electron chi connectivity index (χ2n) is 6.82. The van der Waals surface area contributed by atoms with E-state index >= 15 is 0 Å². The summed E-state index contributed by atoms with van der Waals surface area (Å²) in [6.45, 7) is 4.21. The van der Waals surface area contributed by atoms with Gasteiger partial charge in [-0.05, 0) is 32.3 Å². The van der Waals surface area contributed by atoms with Crippen LogP contribution in [-0.4, -0.2) is 36.1 Å². The number of hydrogen-bond acceptors (Lipinski definition) is 3. The van der Waals surface area contributed by atoms with Crippen molar-refractivity contribution < 1.29 is 18.7 Å². The highest BCUT2D eigenvalue weighted by atomic mass is 19.1. The van der Waals surface area contributed by atoms with Gasteiger partial charge < -0.3 is 9.64 Å². The summed E-state index contributed by atoms with van der Waals surface area (Å²) in [4.78, 5) is 26.5. The minimum absolute atomic E-state index is 0.207. The molecule has 24 heavy (non-hydrogen) atoms. The summed E-state index contributed by atoms with van der Waals surface area (Å²) >= 11 is 0. The average molecular weight is 333 g/mol. The highest BCUT2D eigenvalue weighted by Crippen LogP contribution is 2.53. The Balaban J connectivity index is 1.82. The van der Waals surface area contributed by atoms with Gasteiger partial charge in [-0.3, -0.25) is 9.59 Å². The van der Waals surface area contributed by atoms with Crippen LogP contribution in [0.5, 0.6) is 0 Å². The maximum atomic E-state index is 14.8. The van der Waals surface area contributed by atoms with Gasteiger partial charge in [0.05, 0.1) is 18.1 Å². The van der Waals surface area contributed by atoms with Gasteiger partial charge in [0.25, 0.3) is 5.91 Å². The van der Waals surface area contributed by atoms with Gasteiger partial charge in [0.2, 0.25) is 0 Å². The molecule has 0 aromatic heterocycles. The van der Waals surface area contributed by atoms with Crippen molar-refractivity contribution in [1.82, 2.24) is 4.90 Å². The zero-order valence-electron chi connectivity index (χ0n) is 14.2. The summed E-state index contributed by atoms with van der Waals surface area (Å²) in [6, 6.07) is 9.38. The number of ether oxygens (including phenoxy) is 1. The number of rotatable bonds is 5. The van der Waals surface area contributed by atoms with E-state index < -0.39 is 23.4 Å². The molecule has 1 heterocycles. The highest BCUT2D eigenvalue weighted by molar-refractivity contribution is 5.87. The minimum Gasteiger partial charge on any atom is -0.466 e. The Morgan fingerprint density at radius 2 is 2.04 bits per heavy atom. The van der Waals surface area contributed by atoms with Gasteiger partial charge in [0.1, 0.15) is 0 Å². The predicted octanol–water partition coefficient (Wildman–Crippen LogP) is 3.28. The van der Waals surface area contributed by atoms with Crippen molar-refractivity contribution in [3.63, 3.8) is 0 Å². The van der Waals surface area contributed by atoms with E-state index in [-0.39, 0.29) is 25.2 Å². The van der Waals surface area contributed by atoms with Crippen molar-refractivity contribution in [2.75, 3.05) is 13.2 Å². The van der Waals surface area contributed by atoms with Gasteiger partial charge in [-0.1, -0.05) is 36.8 Å². The first-order valence-electron chi connectivity index (χ1n) is 8.68. The molecular formula is C19H24FNO3. The number of carbonyl (C=O) groups excluding carboxylic acids is 2. The van der Waals surface area contributed by atoms with Crippen LogP contribution in [0.2, 0.25) is 0 Å². The summed E-state index contributed by atoms with van der Waals surface area (Å²) in [5, 5.41) is 0. The molecule has 0 unspecified atom stereocenters. The number of carbonyl (C=O) groups is 2. The first-order valence-corrected chi connectivity index (χ1v) is 8.68. The molecule has 5 heteroatoms. The highest BCUT2D eigenvalue weighted by Gasteiger charge is 2.60. The number of halogens is 1. The molecule has 1 saturated carbocycles. The van der Waals surface area contributed by atoms with E-state index in [4.69, 9.17) is 4.74 Å². The molecular weight excluding hydrogens is 309 g/mol. The van der Waals surface area contributed by atoms with E-state index in [1.807, 2.05) is 37.3 Å². The first-order chi connectivity index (χ1) is 11.5. The molecule has 1 aliphatic heterocycles. The van der Waals surface area contributed by atoms with Crippen LogP contribution in [0.4, 0.5) is 4.39 Å². The van der Waals surface area contributed by atoms with E-state index in [0.29, 0.717) is 12.8 Å². The SMILES string of the molecule is CCOC(=O)C1([C@H]2CN([C@@H](C)c3ccccc3)C(=O)[C@@H]2F)CCC1. The van der Waals surface area contributed by atoms with Crippen molar-refractivity contribution in [2.45, 2.75) is 45.3 Å². The van der Waals surface area contributed by atoms with Gasteiger partial charge in [-0.25, -0.2) is 4.39 Å². The molecule has 3 rings (SSSR count). The molecule has 0 bridgehead atoms. The fraction of sp³-hybridized carbons (Fsp3) is 0.579. The molecule has 1 saturated heterocycles. The zero-order valence-corrected chi connectivity index (χ0v) is 14.2. The molecule has 1 amide bonds. The summed E-state index contributed by atoms with van der Waals surface area (Å²) < 4.78 is 20.0. The van der Waals surface area contributed by atoms with Crippen LogP contribution in [0.1, 0.15) is 44.7 Å². The van der Waals surface area contributed by atoms with Crippen molar-refractivity contribution >= 4 is 11.9 Å². The van der Waals surface area contributed by atoms with E-state index in [2.05, 4.69) is 0 Å². The van der Waals surface area contributed by atoms with Gasteiger partial charge in [0.15, 0.2) is 6.17 Å². The molecule has 4 nitrogen and oxygen atoms in total. The molecule has 0 N–H and O–H groups in total. The van der Waals surface area contributed by atoms with Crippen molar-refractivity contribution in [3.8, 4) is 0 Å². The second kappa shape index (κ2) is 6.54. The average Bonchev–Trinajstić information content (AvgIpc) is 2.84. The third-order valence-corrected chi connectivity index (χ3v) is 5.65. The van der Waals surface area contributed by atoms with Crippen molar-refractivity contribution in [1.29, 1.82) is 0 Å². The van der Waals surface area contributed by atoms with Gasteiger partial charge >= 0.3 is 5.97 Å². The zero-order chi connectivity index (χ0) is 17.3. The van der Waals surface area contributed by atoms with Crippen LogP contribution in [0.25, 0.3) is 0 Å². The molecule has 1 aliphatic carbocycles. The summed E-state index contributed by atoms with van der Waals surface area (Å²) in [7, 11) is 0. The lowest BCUT2D eigenvalue weighted by molar-refractivity contribution is -0.168. The van der Waals surface area contributed by atoms with Crippen LogP contribution in [0.15, 0.2) is 30.3 Å². The number of nitrogens with zero attached hydrogens (tertiary/aromatic N) is 1. The standard InChI is InChI=1S/C19H24FNO3/c1-3-24-18(23)19(10-7-11-19)15-12-21(17(22)16(15)20)13(2)14-8-5-4-6-9-14/h4-6,8-9,13,15-16H,3,7,10-12H2,1-2H3/t13-,15-,16+/m0/s1. The number of benzene rings is 1. The first kappa shape index (κ1) is 16.9. The molecule has 3 atom stereocenters. The predicted molar refractivity (Wildman–Crippen MR) is 87.9 cm³/mol. The third kappa shape index (κ3) is 2.60. The molecule has 1 aromatic rings. The van der Waals surface area contributed by atoms with Crippen molar-refractivity contribution in [2.24, 2.45) is 11.3 Å². The van der Waals surface area contributed by atoms with Crippen LogP contribution < -0.4 is 0 Å². The number of alkyl halides is 1. The van der Waals surface area contributed by atoms with Crippen molar-refractivity contribution in [3.05, 3.63) is 35.9 Å². The molecule has 2 fully saturated rings. The van der Waals surface area contributed by atoms with Gasteiger partial charge in [0, 0.05) is 12.5 Å². The smallest absolute Gasteiger partial charge is 0.312 e. The lowest BCUT2D eigenvalue weighted by Crippen LogP contribution is -2.49. The van der Waals surface area contributed by atoms with Crippen LogP contribution in [0, 0.1) is 11.3 Å². The quantitative estimate of drug-likeness (QED) is 0.777. The fourth-order valence-corrected chi connectivity index (χ4v) is 4.00. The van der Waals surface area contributed by atoms with E-state index in [1.165, 1.54) is 0 Å². The van der Waals surface area contributed by atoms with Crippen LogP contribution >= 0.6 is 0 Å². The van der Waals surface area contributed by atoms with E-state index in [9.17, 15) is 14.0 Å². The molecule has 0 radical (unpaired) electrons. The maximum absolute atomic E-state index is 14.8. The van der Waals surface area contributed by atoms with Crippen LogP contribution in [-0.2, 0) is 14.3 Å². The summed E-state index contributed by atoms with van der Waals surface area (Å²) in [6.07, 6.45) is 0.473. The third-order valence-electron chi connectivity index (χ3n) is 5.65. The fourth-order valence-electron chi connectivity index (χ4n) is 4.00. The summed E-state index contributed by atoms with van der Waals surface area (Å²) in [5.74, 6) is -1.46. The topological polar surface area (TPSA) is 46.6 Å². The Bertz CT molecular complexity index is 614. The normalized spacial score (nSPS) is 26.8. The largest absolute Gasteiger partial charge is 0.466 e. The summed E-state index contributed by atoms with van der Waals surface area (Å²) in [5.41, 5.74) is 0.147. The van der Waals surface area contributed by atoms with E-state index in [0.717, 1.165) is 12.0 Å². The Kier molecular flexibility index (Phi) is 4.61. The monoisotopic (exact) mass is 333 g/mol. The number of likely N-dealkylation sites (tertiary alicyclic amines) is 1. The van der Waals surface area contributed by atoms with E-state index in [1.54, 1.807) is 11.8 Å². The Hall–Kier alpha value is -1.91. The molecule has 1 aromatic carbocycles. The van der Waals surface area contributed by atoms with Crippen LogP contribution in [0.3, 0.4) is 0 Å². The number of hydrogen-bond donors (Lipinski definition) is 0. The Labute approximate surface area is 142 Å². The van der Waals surface area contributed by atoms with Gasteiger partial charge in [-0.15, -0.1) is 0 Å². The lowest BCUT2D eigenvalue weighted by Gasteiger charge is -2.44. The second-order valence-corrected chi connectivity index (χ2v) is 6.82. The Morgan fingerprint density at radius 1 is 1.38 bits per heavy atom. The lowest BCUT2D eigenvalue weighted by atomic mass is 9.60. The van der Waals surface area contributed by atoms with Gasteiger partial charge in [-0.2, -0.15) is 0 Å². The Morgan fingerprint density at radius 3 is 2.58 bits per heavy atom. The molecule has 0 spiro atoms. The molecule has 130 valence electrons. The minimum atomic E-state index is -1.62. The number of esters is 1.